The number of carboxylic acid groups (broad SMARTS) is 1. The van der Waals surface area contributed by atoms with E-state index in [0.717, 1.165) is 5.56 Å². The monoisotopic (exact) mass is 263 g/mol. The largest absolute Gasteiger partial charge is 0.497 e. The van der Waals surface area contributed by atoms with E-state index >= 15 is 0 Å². The zero-order valence-electron chi connectivity index (χ0n) is 11.0. The number of nitrogens with zero attached hydrogens (tertiary/aromatic N) is 1. The molecular weight excluding hydrogens is 246 g/mol. The lowest BCUT2D eigenvalue weighted by molar-refractivity contribution is -0.138. The molecule has 1 N–H and O–H groups in total. The second kappa shape index (κ2) is 5.30. The first-order valence-corrected chi connectivity index (χ1v) is 6.19. The number of benzene rings is 1. The molecule has 0 bridgehead atoms. The zero-order valence-corrected chi connectivity index (χ0v) is 11.0. The van der Waals surface area contributed by atoms with Crippen LogP contribution in [0.4, 0.5) is 0 Å². The second-order valence-corrected chi connectivity index (χ2v) is 4.91. The van der Waals surface area contributed by atoms with E-state index in [1.54, 1.807) is 18.1 Å². The molecule has 0 radical (unpaired) electrons. The van der Waals surface area contributed by atoms with Gasteiger partial charge >= 0.3 is 5.97 Å². The molecule has 0 aliphatic carbocycles. The second-order valence-electron chi connectivity index (χ2n) is 4.91. The molecule has 1 atom stereocenters. The van der Waals surface area contributed by atoms with Crippen LogP contribution in [0.2, 0.25) is 0 Å². The summed E-state index contributed by atoms with van der Waals surface area (Å²) in [7, 11) is 1.56. The number of hydrogen-bond donors (Lipinski definition) is 1. The van der Waals surface area contributed by atoms with E-state index in [-0.39, 0.29) is 18.2 Å². The summed E-state index contributed by atoms with van der Waals surface area (Å²) < 4.78 is 5.11. The molecule has 0 spiro atoms. The molecular formula is C14H17NO4. The third-order valence-corrected chi connectivity index (χ3v) is 3.25. The third kappa shape index (κ3) is 2.86. The minimum Gasteiger partial charge on any atom is -0.497 e. The Hall–Kier alpha value is -2.04. The first-order chi connectivity index (χ1) is 9.01. The number of hydrogen-bond acceptors (Lipinski definition) is 3. The van der Waals surface area contributed by atoms with Crippen molar-refractivity contribution in [2.24, 2.45) is 5.92 Å². The van der Waals surface area contributed by atoms with Gasteiger partial charge in [-0.15, -0.1) is 0 Å². The lowest BCUT2D eigenvalue weighted by atomic mass is 10.1. The normalized spacial score (nSPS) is 15.3. The summed E-state index contributed by atoms with van der Waals surface area (Å²) in [6, 6.07) is 5.45. The molecule has 2 rings (SSSR count). The maximum absolute atomic E-state index is 12.2. The van der Waals surface area contributed by atoms with Crippen molar-refractivity contribution in [3.05, 3.63) is 29.3 Å². The topological polar surface area (TPSA) is 66.8 Å². The Morgan fingerprint density at radius 2 is 2.26 bits per heavy atom. The number of amides is 1. The Balaban J connectivity index is 2.08. The van der Waals surface area contributed by atoms with E-state index in [9.17, 15) is 9.59 Å². The smallest absolute Gasteiger partial charge is 0.303 e. The average Bonchev–Trinajstić information content (AvgIpc) is 2.65. The van der Waals surface area contributed by atoms with E-state index in [4.69, 9.17) is 9.84 Å². The molecule has 1 unspecified atom stereocenters. The van der Waals surface area contributed by atoms with Crippen LogP contribution in [0.5, 0.6) is 5.75 Å². The van der Waals surface area contributed by atoms with Gasteiger partial charge in [-0.3, -0.25) is 9.59 Å². The Labute approximate surface area is 111 Å². The van der Waals surface area contributed by atoms with Crippen molar-refractivity contribution < 1.29 is 19.4 Å². The Bertz CT molecular complexity index is 512. The van der Waals surface area contributed by atoms with Crippen molar-refractivity contribution in [3.63, 3.8) is 0 Å². The predicted octanol–water partition coefficient (Wildman–Crippen LogP) is 1.76. The molecule has 1 aromatic carbocycles. The molecule has 0 fully saturated rings. The van der Waals surface area contributed by atoms with Crippen LogP contribution >= 0.6 is 0 Å². The maximum Gasteiger partial charge on any atom is 0.303 e. The lowest BCUT2D eigenvalue weighted by Gasteiger charge is -2.19. The molecule has 19 heavy (non-hydrogen) atoms. The number of ether oxygens (including phenoxy) is 1. The van der Waals surface area contributed by atoms with Crippen LogP contribution in [-0.2, 0) is 11.3 Å². The number of carbonyl (C=O) groups excluding carboxylic acids is 1. The molecule has 1 aromatic rings. The number of carboxylic acids is 1. The summed E-state index contributed by atoms with van der Waals surface area (Å²) in [4.78, 5) is 24.5. The summed E-state index contributed by atoms with van der Waals surface area (Å²) in [6.45, 7) is 2.84. The van der Waals surface area contributed by atoms with Crippen molar-refractivity contribution in [2.45, 2.75) is 19.9 Å². The highest BCUT2D eigenvalue weighted by Gasteiger charge is 2.28. The van der Waals surface area contributed by atoms with Crippen LogP contribution in [0, 0.1) is 5.92 Å². The van der Waals surface area contributed by atoms with Gasteiger partial charge in [-0.1, -0.05) is 13.0 Å². The number of aliphatic carboxylic acids is 1. The average molecular weight is 263 g/mol. The summed E-state index contributed by atoms with van der Waals surface area (Å²) in [6.07, 6.45) is 0.0729. The van der Waals surface area contributed by atoms with Crippen molar-refractivity contribution in [1.82, 2.24) is 4.90 Å². The molecule has 0 saturated heterocycles. The first-order valence-electron chi connectivity index (χ1n) is 6.19. The number of rotatable bonds is 5. The van der Waals surface area contributed by atoms with Crippen molar-refractivity contribution in [1.29, 1.82) is 0 Å². The van der Waals surface area contributed by atoms with Crippen molar-refractivity contribution in [2.75, 3.05) is 13.7 Å². The molecule has 0 aromatic heterocycles. The number of fused-ring (bicyclic) bond motifs is 1. The fourth-order valence-electron chi connectivity index (χ4n) is 2.35. The molecule has 102 valence electrons. The summed E-state index contributed by atoms with van der Waals surface area (Å²) in [5.74, 6) is -0.283. The molecule has 1 aliphatic rings. The van der Waals surface area contributed by atoms with Gasteiger partial charge < -0.3 is 14.7 Å². The molecule has 5 nitrogen and oxygen atoms in total. The SMILES string of the molecule is COc1ccc2c(c1)C(=O)N(CC(C)CC(=O)O)C2. The molecule has 5 heteroatoms. The van der Waals surface area contributed by atoms with Crippen LogP contribution < -0.4 is 4.74 Å². The Morgan fingerprint density at radius 3 is 2.89 bits per heavy atom. The van der Waals surface area contributed by atoms with E-state index < -0.39 is 5.97 Å². The number of carbonyl (C=O) groups is 2. The van der Waals surface area contributed by atoms with E-state index in [2.05, 4.69) is 0 Å². The lowest BCUT2D eigenvalue weighted by Crippen LogP contribution is -2.29. The van der Waals surface area contributed by atoms with E-state index in [1.807, 2.05) is 19.1 Å². The van der Waals surface area contributed by atoms with Gasteiger partial charge in [0, 0.05) is 25.1 Å². The number of methoxy groups -OCH3 is 1. The highest BCUT2D eigenvalue weighted by atomic mass is 16.5. The highest BCUT2D eigenvalue weighted by Crippen LogP contribution is 2.27. The summed E-state index contributed by atoms with van der Waals surface area (Å²) >= 11 is 0. The van der Waals surface area contributed by atoms with Crippen LogP contribution in [0.1, 0.15) is 29.3 Å². The van der Waals surface area contributed by atoms with E-state index in [0.29, 0.717) is 24.4 Å². The Morgan fingerprint density at radius 1 is 1.53 bits per heavy atom. The van der Waals surface area contributed by atoms with Gasteiger partial charge in [-0.05, 0) is 23.6 Å². The van der Waals surface area contributed by atoms with Gasteiger partial charge in [0.25, 0.3) is 5.91 Å². The standard InChI is InChI=1S/C14H17NO4/c1-9(5-13(16)17)7-15-8-10-3-4-11(19-2)6-12(10)14(15)18/h3-4,6,9H,5,7-8H2,1-2H3,(H,16,17). The van der Waals surface area contributed by atoms with Gasteiger partial charge in [-0.25, -0.2) is 0 Å². The maximum atomic E-state index is 12.2. The summed E-state index contributed by atoms with van der Waals surface area (Å²) in [5.41, 5.74) is 1.62. The predicted molar refractivity (Wildman–Crippen MR) is 69.2 cm³/mol. The third-order valence-electron chi connectivity index (χ3n) is 3.25. The van der Waals surface area contributed by atoms with E-state index in [1.165, 1.54) is 0 Å². The van der Waals surface area contributed by atoms with Crippen LogP contribution in [-0.4, -0.2) is 35.5 Å². The quantitative estimate of drug-likeness (QED) is 0.879. The fraction of sp³-hybridized carbons (Fsp3) is 0.429. The van der Waals surface area contributed by atoms with Gasteiger partial charge in [0.2, 0.25) is 0 Å². The van der Waals surface area contributed by atoms with Gasteiger partial charge in [-0.2, -0.15) is 0 Å². The Kier molecular flexibility index (Phi) is 3.74. The van der Waals surface area contributed by atoms with Crippen LogP contribution in [0.25, 0.3) is 0 Å². The van der Waals surface area contributed by atoms with Gasteiger partial charge in [0.15, 0.2) is 0 Å². The van der Waals surface area contributed by atoms with Crippen molar-refractivity contribution in [3.8, 4) is 5.75 Å². The van der Waals surface area contributed by atoms with Gasteiger partial charge in [0.1, 0.15) is 5.75 Å². The fourth-order valence-corrected chi connectivity index (χ4v) is 2.35. The first kappa shape index (κ1) is 13.4. The molecule has 1 heterocycles. The van der Waals surface area contributed by atoms with Crippen LogP contribution in [0.15, 0.2) is 18.2 Å². The molecule has 1 amide bonds. The highest BCUT2D eigenvalue weighted by molar-refractivity contribution is 5.98. The minimum absolute atomic E-state index is 0.0499. The minimum atomic E-state index is -0.835. The zero-order chi connectivity index (χ0) is 14.0. The van der Waals surface area contributed by atoms with Crippen molar-refractivity contribution >= 4 is 11.9 Å². The molecule has 0 saturated carbocycles. The van der Waals surface area contributed by atoms with Gasteiger partial charge in [0.05, 0.1) is 7.11 Å². The molecule has 1 aliphatic heterocycles. The summed E-state index contributed by atoms with van der Waals surface area (Å²) in [5, 5.41) is 8.75. The van der Waals surface area contributed by atoms with Crippen LogP contribution in [0.3, 0.4) is 0 Å².